The molecule has 0 radical (unpaired) electrons. The SMILES string of the molecule is Nc1cnc(N2CCc3[nH]cnc3[C@H]2c2cc3c(F)cccn3n2)nc1. The summed E-state index contributed by atoms with van der Waals surface area (Å²) in [6.45, 7) is 0.681. The quantitative estimate of drug-likeness (QED) is 0.571. The molecule has 0 fully saturated rings. The predicted molar refractivity (Wildman–Crippen MR) is 93.1 cm³/mol. The molecule has 1 atom stereocenters. The molecule has 5 rings (SSSR count). The van der Waals surface area contributed by atoms with E-state index in [1.807, 2.05) is 4.90 Å². The molecular weight excluding hydrogens is 335 g/mol. The number of pyridine rings is 1. The number of fused-ring (bicyclic) bond motifs is 2. The number of rotatable bonds is 2. The van der Waals surface area contributed by atoms with Crippen molar-refractivity contribution in [1.82, 2.24) is 29.5 Å². The Morgan fingerprint density at radius 2 is 2.08 bits per heavy atom. The molecule has 3 N–H and O–H groups in total. The largest absolute Gasteiger partial charge is 0.396 e. The highest BCUT2D eigenvalue weighted by Crippen LogP contribution is 2.35. The third kappa shape index (κ3) is 2.20. The van der Waals surface area contributed by atoms with Gasteiger partial charge in [-0.1, -0.05) is 0 Å². The van der Waals surface area contributed by atoms with Crippen molar-refractivity contribution in [3.8, 4) is 0 Å². The Morgan fingerprint density at radius 1 is 1.23 bits per heavy atom. The van der Waals surface area contributed by atoms with Crippen molar-refractivity contribution in [3.63, 3.8) is 0 Å². The van der Waals surface area contributed by atoms with Gasteiger partial charge in [0.2, 0.25) is 5.95 Å². The number of H-pyrrole nitrogens is 1. The zero-order chi connectivity index (χ0) is 17.7. The van der Waals surface area contributed by atoms with Gasteiger partial charge < -0.3 is 15.6 Å². The number of nitrogen functional groups attached to an aromatic ring is 1. The number of aromatic amines is 1. The van der Waals surface area contributed by atoms with Gasteiger partial charge in [0, 0.05) is 24.9 Å². The third-order valence-corrected chi connectivity index (χ3v) is 4.59. The molecule has 8 nitrogen and oxygen atoms in total. The van der Waals surface area contributed by atoms with Crippen molar-refractivity contribution in [2.45, 2.75) is 12.5 Å². The topological polar surface area (TPSA) is 101 Å². The minimum absolute atomic E-state index is 0.312. The van der Waals surface area contributed by atoms with E-state index in [1.165, 1.54) is 10.6 Å². The van der Waals surface area contributed by atoms with Crippen molar-refractivity contribution in [1.29, 1.82) is 0 Å². The Bertz CT molecular complexity index is 1080. The van der Waals surface area contributed by atoms with Crippen LogP contribution in [0.1, 0.15) is 23.1 Å². The van der Waals surface area contributed by atoms with Crippen LogP contribution >= 0.6 is 0 Å². The fraction of sp³-hybridized carbons (Fsp3) is 0.176. The van der Waals surface area contributed by atoms with Crippen molar-refractivity contribution in [2.75, 3.05) is 17.2 Å². The van der Waals surface area contributed by atoms with Crippen LogP contribution in [0.25, 0.3) is 5.52 Å². The van der Waals surface area contributed by atoms with E-state index in [1.54, 1.807) is 37.1 Å². The van der Waals surface area contributed by atoms with Crippen molar-refractivity contribution in [3.05, 3.63) is 66.0 Å². The van der Waals surface area contributed by atoms with E-state index >= 15 is 0 Å². The van der Waals surface area contributed by atoms with E-state index in [-0.39, 0.29) is 11.9 Å². The van der Waals surface area contributed by atoms with Crippen LogP contribution in [0.5, 0.6) is 0 Å². The number of anilines is 2. The standard InChI is InChI=1S/C17H15FN8/c18-11-2-1-4-26-14(11)6-13(24-26)16-15-12(22-9-23-15)3-5-25(16)17-20-7-10(19)8-21-17/h1-2,4,6-9,16H,3,5,19H2,(H,22,23)/t16-/m1/s1. The average molecular weight is 350 g/mol. The first-order chi connectivity index (χ1) is 12.7. The molecule has 0 unspecified atom stereocenters. The average Bonchev–Trinajstić information content (AvgIpc) is 3.29. The van der Waals surface area contributed by atoms with Crippen molar-refractivity contribution >= 4 is 17.2 Å². The van der Waals surface area contributed by atoms with E-state index < -0.39 is 0 Å². The molecule has 5 heterocycles. The molecule has 130 valence electrons. The highest BCUT2D eigenvalue weighted by molar-refractivity contribution is 5.53. The van der Waals surface area contributed by atoms with Crippen LogP contribution in [0.3, 0.4) is 0 Å². The first-order valence-electron chi connectivity index (χ1n) is 8.21. The summed E-state index contributed by atoms with van der Waals surface area (Å²) in [6, 6.07) is 4.48. The first-order valence-corrected chi connectivity index (χ1v) is 8.21. The van der Waals surface area contributed by atoms with Gasteiger partial charge in [-0.25, -0.2) is 23.9 Å². The maximum absolute atomic E-state index is 14.1. The van der Waals surface area contributed by atoms with Crippen LogP contribution in [0.4, 0.5) is 16.0 Å². The highest BCUT2D eigenvalue weighted by atomic mass is 19.1. The molecule has 1 aliphatic rings. The smallest absolute Gasteiger partial charge is 0.226 e. The van der Waals surface area contributed by atoms with Gasteiger partial charge in [-0.15, -0.1) is 0 Å². The normalized spacial score (nSPS) is 16.8. The van der Waals surface area contributed by atoms with Gasteiger partial charge in [0.25, 0.3) is 0 Å². The van der Waals surface area contributed by atoms with E-state index in [4.69, 9.17) is 5.73 Å². The first kappa shape index (κ1) is 14.8. The summed E-state index contributed by atoms with van der Waals surface area (Å²) in [5.74, 6) is 0.218. The van der Waals surface area contributed by atoms with Gasteiger partial charge >= 0.3 is 0 Å². The van der Waals surface area contributed by atoms with E-state index in [2.05, 4.69) is 25.0 Å². The van der Waals surface area contributed by atoms with Gasteiger partial charge in [-0.3, -0.25) is 0 Å². The summed E-state index contributed by atoms with van der Waals surface area (Å²) in [5, 5.41) is 4.57. The number of hydrogen-bond donors (Lipinski definition) is 2. The minimum Gasteiger partial charge on any atom is -0.396 e. The second-order valence-electron chi connectivity index (χ2n) is 6.18. The zero-order valence-corrected chi connectivity index (χ0v) is 13.7. The molecule has 4 aromatic rings. The van der Waals surface area contributed by atoms with Crippen LogP contribution in [-0.4, -0.2) is 36.1 Å². The Morgan fingerprint density at radius 3 is 2.88 bits per heavy atom. The summed E-state index contributed by atoms with van der Waals surface area (Å²) >= 11 is 0. The van der Waals surface area contributed by atoms with Gasteiger partial charge in [0.1, 0.15) is 17.4 Å². The molecule has 1 aliphatic heterocycles. The third-order valence-electron chi connectivity index (χ3n) is 4.59. The lowest BCUT2D eigenvalue weighted by atomic mass is 10.00. The summed E-state index contributed by atoms with van der Waals surface area (Å²) in [5.41, 5.74) is 9.20. The number of hydrogen-bond acceptors (Lipinski definition) is 6. The summed E-state index contributed by atoms with van der Waals surface area (Å²) in [4.78, 5) is 18.4. The lowest BCUT2D eigenvalue weighted by Gasteiger charge is -2.33. The molecule has 0 amide bonds. The molecule has 0 saturated carbocycles. The summed E-state index contributed by atoms with van der Waals surface area (Å²) in [6.07, 6.45) is 7.31. The maximum atomic E-state index is 14.1. The fourth-order valence-corrected chi connectivity index (χ4v) is 3.40. The van der Waals surface area contributed by atoms with Gasteiger partial charge in [0.05, 0.1) is 35.8 Å². The van der Waals surface area contributed by atoms with Crippen LogP contribution in [0.2, 0.25) is 0 Å². The molecule has 4 aromatic heterocycles. The second kappa shape index (κ2) is 5.51. The van der Waals surface area contributed by atoms with Crippen molar-refractivity contribution < 1.29 is 4.39 Å². The molecular formula is C17H15FN8. The molecule has 26 heavy (non-hydrogen) atoms. The number of imidazole rings is 1. The zero-order valence-electron chi connectivity index (χ0n) is 13.7. The van der Waals surface area contributed by atoms with Gasteiger partial charge in [-0.2, -0.15) is 5.10 Å². The molecule has 0 aliphatic carbocycles. The van der Waals surface area contributed by atoms with E-state index in [0.717, 1.165) is 17.8 Å². The molecule has 0 aromatic carbocycles. The molecule has 0 saturated heterocycles. The van der Waals surface area contributed by atoms with Crippen LogP contribution in [0.15, 0.2) is 43.1 Å². The molecule has 9 heteroatoms. The summed E-state index contributed by atoms with van der Waals surface area (Å²) in [7, 11) is 0. The Kier molecular flexibility index (Phi) is 3.14. The lowest BCUT2D eigenvalue weighted by molar-refractivity contribution is 0.602. The number of halogens is 1. The number of nitrogens with two attached hydrogens (primary N) is 1. The predicted octanol–water partition coefficient (Wildman–Crippen LogP) is 1.72. The Hall–Kier alpha value is -3.49. The van der Waals surface area contributed by atoms with E-state index in [9.17, 15) is 4.39 Å². The van der Waals surface area contributed by atoms with Crippen LogP contribution < -0.4 is 10.6 Å². The fourth-order valence-electron chi connectivity index (χ4n) is 3.40. The summed E-state index contributed by atoms with van der Waals surface area (Å²) < 4.78 is 15.7. The lowest BCUT2D eigenvalue weighted by Crippen LogP contribution is -2.37. The minimum atomic E-state index is -0.320. The maximum Gasteiger partial charge on any atom is 0.226 e. The number of aromatic nitrogens is 6. The van der Waals surface area contributed by atoms with E-state index in [0.29, 0.717) is 29.4 Å². The number of nitrogens with one attached hydrogen (secondary N) is 1. The molecule has 0 bridgehead atoms. The van der Waals surface area contributed by atoms with Crippen LogP contribution in [0, 0.1) is 5.82 Å². The van der Waals surface area contributed by atoms with Crippen molar-refractivity contribution in [2.24, 2.45) is 0 Å². The number of nitrogens with zero attached hydrogens (tertiary/aromatic N) is 6. The Labute approximate surface area is 147 Å². The monoisotopic (exact) mass is 350 g/mol. The highest BCUT2D eigenvalue weighted by Gasteiger charge is 2.34. The van der Waals surface area contributed by atoms with Crippen LogP contribution in [-0.2, 0) is 6.42 Å². The van der Waals surface area contributed by atoms with Gasteiger partial charge in [-0.05, 0) is 18.2 Å². The van der Waals surface area contributed by atoms with Gasteiger partial charge in [0.15, 0.2) is 0 Å². The second-order valence-corrected chi connectivity index (χ2v) is 6.18. The molecule has 0 spiro atoms. The Balaban J connectivity index is 1.68.